The summed E-state index contributed by atoms with van der Waals surface area (Å²) in [7, 11) is 0.464. The topological polar surface area (TPSA) is 197 Å². The molecule has 3 heterocycles. The number of amides is 1. The van der Waals surface area contributed by atoms with Crippen molar-refractivity contribution in [2.45, 2.75) is 12.5 Å². The quantitative estimate of drug-likeness (QED) is 0.164. The number of aliphatic imine (C=N–C) groups is 1. The average molecular weight is 628 g/mol. The summed E-state index contributed by atoms with van der Waals surface area (Å²) in [4.78, 5) is 28.2. The van der Waals surface area contributed by atoms with Crippen LogP contribution in [0.2, 0.25) is 5.02 Å². The molecule has 1 amide bonds. The molecule has 0 radical (unpaired) electrons. The van der Waals surface area contributed by atoms with Gasteiger partial charge in [0.1, 0.15) is 44.7 Å². The van der Waals surface area contributed by atoms with Gasteiger partial charge in [0.15, 0.2) is 5.82 Å². The van der Waals surface area contributed by atoms with Crippen LogP contribution in [-0.2, 0) is 14.6 Å². The molecular formula is C27H30ClN9O5S. The molecule has 43 heavy (non-hydrogen) atoms. The molecule has 5 rings (SSSR count). The summed E-state index contributed by atoms with van der Waals surface area (Å²) >= 11 is 6.34. The number of benzene rings is 2. The first kappa shape index (κ1) is 29.8. The molecule has 2 aliphatic heterocycles. The SMILES string of the molecule is CN(C)c1cc(Oc2nc(Oc3cc(C(=N)N)ccc3Cl)nc3c2NC(=O)C(CCS(C)(=O)=O)N3)cc(C2=NCCN2)c1. The van der Waals surface area contributed by atoms with Crippen LogP contribution in [0.4, 0.5) is 17.2 Å². The zero-order valence-corrected chi connectivity index (χ0v) is 25.1. The van der Waals surface area contributed by atoms with Gasteiger partial charge in [0.05, 0.1) is 17.3 Å². The van der Waals surface area contributed by atoms with E-state index in [9.17, 15) is 13.2 Å². The van der Waals surface area contributed by atoms with E-state index in [2.05, 4.69) is 30.9 Å². The third-order valence-corrected chi connectivity index (χ3v) is 7.81. The van der Waals surface area contributed by atoms with Gasteiger partial charge < -0.3 is 36.1 Å². The van der Waals surface area contributed by atoms with E-state index >= 15 is 0 Å². The minimum atomic E-state index is -3.32. The lowest BCUT2D eigenvalue weighted by Gasteiger charge is -2.27. The summed E-state index contributed by atoms with van der Waals surface area (Å²) in [6.07, 6.45) is 1.11. The van der Waals surface area contributed by atoms with Gasteiger partial charge in [-0.15, -0.1) is 0 Å². The van der Waals surface area contributed by atoms with Crippen molar-refractivity contribution in [3.05, 3.63) is 52.5 Å². The van der Waals surface area contributed by atoms with Crippen molar-refractivity contribution in [1.29, 1.82) is 5.41 Å². The van der Waals surface area contributed by atoms with Crippen molar-refractivity contribution in [3.63, 3.8) is 0 Å². The van der Waals surface area contributed by atoms with Gasteiger partial charge in [-0.25, -0.2) is 8.42 Å². The number of nitrogens with zero attached hydrogens (tertiary/aromatic N) is 4. The lowest BCUT2D eigenvalue weighted by molar-refractivity contribution is -0.117. The molecule has 0 fully saturated rings. The summed E-state index contributed by atoms with van der Waals surface area (Å²) in [5.41, 5.74) is 7.78. The standard InChI is InChI=1S/C27H30ClN9O5S/c1-37(2)16-10-15(23-31-7-8-32-23)11-17(13-16)41-26-21-24(33-19(25(38)34-21)6-9-43(3,39)40)35-27(36-26)42-20-12-14(22(29)30)4-5-18(20)28/h4-5,10-13,19H,6-9H2,1-3H3,(H3,29,30)(H,31,32)(H,34,38)(H,33,35,36). The first-order valence-electron chi connectivity index (χ1n) is 13.1. The Morgan fingerprint density at radius 2 is 1.98 bits per heavy atom. The fraction of sp³-hybridized carbons (Fsp3) is 0.296. The molecule has 0 aliphatic carbocycles. The van der Waals surface area contributed by atoms with E-state index in [4.69, 9.17) is 32.2 Å². The van der Waals surface area contributed by atoms with Gasteiger partial charge in [-0.3, -0.25) is 15.2 Å². The van der Waals surface area contributed by atoms with Crippen LogP contribution >= 0.6 is 11.6 Å². The minimum Gasteiger partial charge on any atom is -0.437 e. The van der Waals surface area contributed by atoms with Crippen molar-refractivity contribution >= 4 is 56.2 Å². The highest BCUT2D eigenvalue weighted by molar-refractivity contribution is 7.90. The van der Waals surface area contributed by atoms with Gasteiger partial charge in [0.25, 0.3) is 5.88 Å². The van der Waals surface area contributed by atoms with Gasteiger partial charge in [0.2, 0.25) is 5.91 Å². The van der Waals surface area contributed by atoms with Gasteiger partial charge >= 0.3 is 6.01 Å². The smallest absolute Gasteiger partial charge is 0.327 e. The number of hydrogen-bond donors (Lipinski definition) is 5. The second kappa shape index (κ2) is 11.9. The van der Waals surface area contributed by atoms with Crippen LogP contribution in [-0.4, -0.2) is 81.2 Å². The fourth-order valence-electron chi connectivity index (χ4n) is 4.32. The monoisotopic (exact) mass is 627 g/mol. The number of carbonyl (C=O) groups excluding carboxylic acids is 1. The molecular weight excluding hydrogens is 598 g/mol. The van der Waals surface area contributed by atoms with Crippen molar-refractivity contribution in [3.8, 4) is 23.4 Å². The largest absolute Gasteiger partial charge is 0.437 e. The number of amidine groups is 2. The summed E-state index contributed by atoms with van der Waals surface area (Å²) in [6, 6.07) is 9.05. The number of hydrogen-bond acceptors (Lipinski definition) is 12. The Morgan fingerprint density at radius 3 is 2.65 bits per heavy atom. The van der Waals surface area contributed by atoms with E-state index in [-0.39, 0.29) is 52.2 Å². The molecule has 2 aromatic carbocycles. The maximum absolute atomic E-state index is 13.0. The Morgan fingerprint density at radius 1 is 1.19 bits per heavy atom. The van der Waals surface area contributed by atoms with E-state index < -0.39 is 21.8 Å². The predicted molar refractivity (Wildman–Crippen MR) is 165 cm³/mol. The minimum absolute atomic E-state index is 0.0102. The van der Waals surface area contributed by atoms with Crippen LogP contribution in [0.15, 0.2) is 41.4 Å². The Labute approximate surface area is 253 Å². The zero-order chi connectivity index (χ0) is 30.9. The van der Waals surface area contributed by atoms with Gasteiger partial charge in [-0.2, -0.15) is 9.97 Å². The molecule has 0 saturated carbocycles. The summed E-state index contributed by atoms with van der Waals surface area (Å²) < 4.78 is 35.7. The zero-order valence-electron chi connectivity index (χ0n) is 23.6. The normalized spacial score (nSPS) is 15.9. The number of aromatic nitrogens is 2. The summed E-state index contributed by atoms with van der Waals surface area (Å²) in [5, 5.41) is 16.9. The third kappa shape index (κ3) is 7.06. The summed E-state index contributed by atoms with van der Waals surface area (Å²) in [5.74, 6) is 0.510. The number of ether oxygens (including phenoxy) is 2. The Hall–Kier alpha value is -4.63. The molecule has 1 atom stereocenters. The third-order valence-electron chi connectivity index (χ3n) is 6.52. The van der Waals surface area contributed by atoms with Gasteiger partial charge in [0, 0.05) is 49.8 Å². The molecule has 0 spiro atoms. The number of sulfone groups is 1. The van der Waals surface area contributed by atoms with Crippen molar-refractivity contribution in [2.75, 3.05) is 54.7 Å². The van der Waals surface area contributed by atoms with Crippen molar-refractivity contribution in [1.82, 2.24) is 15.3 Å². The molecule has 226 valence electrons. The highest BCUT2D eigenvalue weighted by Crippen LogP contribution is 2.40. The molecule has 1 aromatic heterocycles. The number of nitrogens with one attached hydrogen (secondary N) is 4. The predicted octanol–water partition coefficient (Wildman–Crippen LogP) is 2.58. The Bertz CT molecular complexity index is 1750. The molecule has 0 bridgehead atoms. The molecule has 2 aliphatic rings. The maximum atomic E-state index is 13.0. The second-order valence-corrected chi connectivity index (χ2v) is 12.8. The van der Waals surface area contributed by atoms with E-state index in [0.717, 1.165) is 29.9 Å². The fourth-order valence-corrected chi connectivity index (χ4v) is 5.14. The van der Waals surface area contributed by atoms with Crippen LogP contribution in [0.3, 0.4) is 0 Å². The van der Waals surface area contributed by atoms with E-state index in [1.54, 1.807) is 18.2 Å². The lowest BCUT2D eigenvalue weighted by atomic mass is 10.1. The highest BCUT2D eigenvalue weighted by atomic mass is 35.5. The number of carbonyl (C=O) groups is 1. The number of fused-ring (bicyclic) bond motifs is 1. The average Bonchev–Trinajstić information content (AvgIpc) is 3.48. The molecule has 14 nitrogen and oxygen atoms in total. The first-order valence-corrected chi connectivity index (χ1v) is 15.6. The van der Waals surface area contributed by atoms with E-state index in [0.29, 0.717) is 17.9 Å². The molecule has 6 N–H and O–H groups in total. The highest BCUT2D eigenvalue weighted by Gasteiger charge is 2.32. The molecule has 0 saturated heterocycles. The maximum Gasteiger partial charge on any atom is 0.327 e. The molecule has 1 unspecified atom stereocenters. The van der Waals surface area contributed by atoms with Crippen molar-refractivity contribution < 1.29 is 22.7 Å². The van der Waals surface area contributed by atoms with Crippen molar-refractivity contribution in [2.24, 2.45) is 10.7 Å². The number of anilines is 3. The Balaban J connectivity index is 1.56. The Kier molecular flexibility index (Phi) is 8.28. The second-order valence-electron chi connectivity index (χ2n) is 10.2. The molecule has 16 heteroatoms. The van der Waals surface area contributed by atoms with Gasteiger partial charge in [-0.05, 0) is 36.8 Å². The number of nitrogens with two attached hydrogens (primary N) is 1. The van der Waals surface area contributed by atoms with Crippen LogP contribution in [0, 0.1) is 5.41 Å². The van der Waals surface area contributed by atoms with Crippen LogP contribution in [0.1, 0.15) is 17.5 Å². The number of rotatable bonds is 10. The number of nitrogen functional groups attached to an aromatic ring is 1. The van der Waals surface area contributed by atoms with Crippen LogP contribution in [0.25, 0.3) is 0 Å². The van der Waals surface area contributed by atoms with E-state index in [1.165, 1.54) is 12.1 Å². The van der Waals surface area contributed by atoms with Crippen LogP contribution in [0.5, 0.6) is 23.4 Å². The van der Waals surface area contributed by atoms with E-state index in [1.807, 2.05) is 25.1 Å². The summed E-state index contributed by atoms with van der Waals surface area (Å²) in [6.45, 7) is 1.38. The lowest BCUT2D eigenvalue weighted by Crippen LogP contribution is -2.40. The van der Waals surface area contributed by atoms with Crippen LogP contribution < -0.4 is 36.1 Å². The first-order chi connectivity index (χ1) is 20.4. The molecule has 3 aromatic rings. The number of halogens is 1. The van der Waals surface area contributed by atoms with Gasteiger partial charge in [-0.1, -0.05) is 11.6 Å².